The maximum atomic E-state index is 11.0. The van der Waals surface area contributed by atoms with E-state index in [0.29, 0.717) is 12.8 Å². The summed E-state index contributed by atoms with van der Waals surface area (Å²) in [4.78, 5) is 21.8. The lowest BCUT2D eigenvalue weighted by Crippen LogP contribution is -2.22. The van der Waals surface area contributed by atoms with Crippen LogP contribution in [0.3, 0.4) is 0 Å². The Morgan fingerprint density at radius 1 is 0.850 bits per heavy atom. The molecule has 0 bridgehead atoms. The average Bonchev–Trinajstić information content (AvgIpc) is 2.26. The minimum Gasteiger partial charge on any atom is -0.328 e. The summed E-state index contributed by atoms with van der Waals surface area (Å²) in [5.74, 6) is 0. The van der Waals surface area contributed by atoms with E-state index >= 15 is 0 Å². The van der Waals surface area contributed by atoms with Crippen LogP contribution in [-0.4, -0.2) is 12.8 Å². The molecule has 2 amide bonds. The fourth-order valence-corrected chi connectivity index (χ4v) is 2.40. The van der Waals surface area contributed by atoms with Gasteiger partial charge in [-0.25, -0.2) is 0 Å². The zero-order valence-electron chi connectivity index (χ0n) is 13.1. The number of amides is 2. The topological polar surface area (TPSA) is 58.2 Å². The molecular formula is C16H24N2O2. The number of benzene rings is 1. The quantitative estimate of drug-likeness (QED) is 0.828. The molecule has 2 N–H and O–H groups in total. The minimum atomic E-state index is -0.210. The first-order valence-electron chi connectivity index (χ1n) is 6.71. The first kappa shape index (κ1) is 16.2. The van der Waals surface area contributed by atoms with E-state index in [-0.39, 0.29) is 10.8 Å². The van der Waals surface area contributed by atoms with Crippen LogP contribution in [0.2, 0.25) is 0 Å². The summed E-state index contributed by atoms with van der Waals surface area (Å²) < 4.78 is 0. The second kappa shape index (κ2) is 5.65. The summed E-state index contributed by atoms with van der Waals surface area (Å²) >= 11 is 0. The van der Waals surface area contributed by atoms with E-state index in [9.17, 15) is 9.59 Å². The van der Waals surface area contributed by atoms with Crippen molar-refractivity contribution in [1.82, 2.24) is 0 Å². The number of carbonyl (C=O) groups excluding carboxylic acids is 2. The molecule has 0 heterocycles. The lowest BCUT2D eigenvalue weighted by Gasteiger charge is -2.31. The molecule has 1 aromatic carbocycles. The first-order chi connectivity index (χ1) is 9.12. The molecule has 110 valence electrons. The first-order valence-corrected chi connectivity index (χ1v) is 6.71. The molecular weight excluding hydrogens is 252 g/mol. The molecule has 0 aliphatic carbocycles. The molecule has 4 heteroatoms. The van der Waals surface area contributed by atoms with Gasteiger partial charge < -0.3 is 10.6 Å². The zero-order valence-corrected chi connectivity index (χ0v) is 13.1. The predicted molar refractivity (Wildman–Crippen MR) is 83.2 cm³/mol. The predicted octanol–water partition coefficient (Wildman–Crippen LogP) is 3.42. The second-order valence-electron chi connectivity index (χ2n) is 6.94. The van der Waals surface area contributed by atoms with Crippen molar-refractivity contribution in [1.29, 1.82) is 0 Å². The maximum Gasteiger partial charge on any atom is 0.211 e. The number of rotatable bonds is 4. The van der Waals surface area contributed by atoms with Crippen LogP contribution in [-0.2, 0) is 20.4 Å². The highest BCUT2D eigenvalue weighted by atomic mass is 16.1. The average molecular weight is 276 g/mol. The molecule has 1 rings (SSSR count). The summed E-state index contributed by atoms with van der Waals surface area (Å²) in [5.41, 5.74) is 3.18. The van der Waals surface area contributed by atoms with E-state index in [1.54, 1.807) is 0 Å². The molecule has 0 saturated carbocycles. The van der Waals surface area contributed by atoms with Crippen LogP contribution in [0, 0.1) is 0 Å². The summed E-state index contributed by atoms with van der Waals surface area (Å²) in [5, 5.41) is 5.54. The lowest BCUT2D eigenvalue weighted by molar-refractivity contribution is -0.106. The van der Waals surface area contributed by atoms with Crippen LogP contribution in [0.5, 0.6) is 0 Å². The van der Waals surface area contributed by atoms with E-state index in [1.807, 2.05) is 12.1 Å². The van der Waals surface area contributed by atoms with E-state index in [2.05, 4.69) is 52.2 Å². The van der Waals surface area contributed by atoms with Gasteiger partial charge in [-0.3, -0.25) is 9.59 Å². The van der Waals surface area contributed by atoms with Crippen molar-refractivity contribution in [3.63, 3.8) is 0 Å². The summed E-state index contributed by atoms with van der Waals surface area (Å²) in [6.07, 6.45) is 1.34. The van der Waals surface area contributed by atoms with Crippen LogP contribution < -0.4 is 10.6 Å². The standard InChI is InChI=1S/C16H24N2O2/c1-15(2,3)11-7-8-12(17-9-19)13(16(4,5)6)14(11)18-10-20/h7-10H,1-6H3,(H,17,19)(H,18,20). The van der Waals surface area contributed by atoms with E-state index in [1.165, 1.54) is 0 Å². The fraction of sp³-hybridized carbons (Fsp3) is 0.500. The van der Waals surface area contributed by atoms with Gasteiger partial charge in [0.2, 0.25) is 12.8 Å². The van der Waals surface area contributed by atoms with Crippen molar-refractivity contribution in [2.75, 3.05) is 10.6 Å². The molecule has 0 aromatic heterocycles. The van der Waals surface area contributed by atoms with Crippen LogP contribution in [0.1, 0.15) is 52.7 Å². The Hall–Kier alpha value is -1.84. The van der Waals surface area contributed by atoms with Gasteiger partial charge in [0.25, 0.3) is 0 Å². The number of carbonyl (C=O) groups is 2. The number of nitrogens with one attached hydrogen (secondary N) is 2. The van der Waals surface area contributed by atoms with E-state index in [4.69, 9.17) is 0 Å². The van der Waals surface area contributed by atoms with Gasteiger partial charge in [0, 0.05) is 11.3 Å². The molecule has 20 heavy (non-hydrogen) atoms. The van der Waals surface area contributed by atoms with Gasteiger partial charge in [0.1, 0.15) is 0 Å². The Labute approximate surface area is 121 Å². The monoisotopic (exact) mass is 276 g/mol. The van der Waals surface area contributed by atoms with Gasteiger partial charge in [-0.1, -0.05) is 47.6 Å². The van der Waals surface area contributed by atoms with E-state index in [0.717, 1.165) is 22.5 Å². The highest BCUT2D eigenvalue weighted by Crippen LogP contribution is 2.41. The van der Waals surface area contributed by atoms with Gasteiger partial charge in [0.05, 0.1) is 5.69 Å². The Morgan fingerprint density at radius 3 is 1.80 bits per heavy atom. The summed E-state index contributed by atoms with van der Waals surface area (Å²) in [6.45, 7) is 12.5. The van der Waals surface area contributed by atoms with Gasteiger partial charge in [-0.05, 0) is 22.5 Å². The molecule has 0 fully saturated rings. The molecule has 0 unspecified atom stereocenters. The van der Waals surface area contributed by atoms with Crippen LogP contribution >= 0.6 is 0 Å². The normalized spacial score (nSPS) is 11.9. The van der Waals surface area contributed by atoms with Crippen molar-refractivity contribution in [2.24, 2.45) is 0 Å². The summed E-state index contributed by atoms with van der Waals surface area (Å²) in [7, 11) is 0. The highest BCUT2D eigenvalue weighted by molar-refractivity contribution is 5.85. The van der Waals surface area contributed by atoms with Crippen molar-refractivity contribution in [2.45, 2.75) is 52.4 Å². The molecule has 0 saturated heterocycles. The highest BCUT2D eigenvalue weighted by Gasteiger charge is 2.28. The van der Waals surface area contributed by atoms with Crippen molar-refractivity contribution >= 4 is 24.2 Å². The number of anilines is 2. The van der Waals surface area contributed by atoms with Gasteiger partial charge in [0.15, 0.2) is 0 Å². The minimum absolute atomic E-state index is 0.106. The maximum absolute atomic E-state index is 11.0. The van der Waals surface area contributed by atoms with Gasteiger partial charge in [-0.15, -0.1) is 0 Å². The summed E-state index contributed by atoms with van der Waals surface area (Å²) in [6, 6.07) is 3.85. The fourth-order valence-electron chi connectivity index (χ4n) is 2.40. The third-order valence-corrected chi connectivity index (χ3v) is 3.18. The number of hydrogen-bond acceptors (Lipinski definition) is 2. The molecule has 4 nitrogen and oxygen atoms in total. The Morgan fingerprint density at radius 2 is 1.40 bits per heavy atom. The lowest BCUT2D eigenvalue weighted by atomic mass is 9.78. The third kappa shape index (κ3) is 3.38. The Kier molecular flexibility index (Phi) is 4.58. The molecule has 0 radical (unpaired) electrons. The van der Waals surface area contributed by atoms with Crippen molar-refractivity contribution in [3.05, 3.63) is 23.3 Å². The van der Waals surface area contributed by atoms with E-state index < -0.39 is 0 Å². The molecule has 0 atom stereocenters. The van der Waals surface area contributed by atoms with Crippen LogP contribution in [0.4, 0.5) is 11.4 Å². The zero-order chi connectivity index (χ0) is 15.6. The van der Waals surface area contributed by atoms with Gasteiger partial charge >= 0.3 is 0 Å². The van der Waals surface area contributed by atoms with Crippen LogP contribution in [0.15, 0.2) is 12.1 Å². The van der Waals surface area contributed by atoms with Gasteiger partial charge in [-0.2, -0.15) is 0 Å². The second-order valence-corrected chi connectivity index (χ2v) is 6.94. The van der Waals surface area contributed by atoms with Crippen molar-refractivity contribution in [3.8, 4) is 0 Å². The number of hydrogen-bond donors (Lipinski definition) is 2. The van der Waals surface area contributed by atoms with Crippen molar-refractivity contribution < 1.29 is 9.59 Å². The SMILES string of the molecule is CC(C)(C)c1ccc(NC=O)c(C(C)(C)C)c1NC=O. The third-order valence-electron chi connectivity index (χ3n) is 3.18. The molecule has 1 aromatic rings. The Bertz CT molecular complexity index is 508. The Balaban J connectivity index is 3.69. The molecule has 0 aliphatic heterocycles. The largest absolute Gasteiger partial charge is 0.328 e. The molecule has 0 spiro atoms. The van der Waals surface area contributed by atoms with Crippen LogP contribution in [0.25, 0.3) is 0 Å². The smallest absolute Gasteiger partial charge is 0.211 e. The molecule has 0 aliphatic rings.